The second-order valence-corrected chi connectivity index (χ2v) is 6.32. The van der Waals surface area contributed by atoms with Crippen molar-refractivity contribution >= 4 is 11.9 Å². The Morgan fingerprint density at radius 2 is 2.00 bits per heavy atom. The number of carbonyl (C=O) groups is 2. The largest absolute Gasteiger partial charge is 0.480 e. The zero-order chi connectivity index (χ0) is 15.0. The number of hydrogen-bond donors (Lipinski definition) is 2. The number of carbonyl (C=O) groups excluding carboxylic acids is 1. The summed E-state index contributed by atoms with van der Waals surface area (Å²) < 4.78 is 0. The van der Waals surface area contributed by atoms with Crippen LogP contribution in [0.5, 0.6) is 0 Å². The van der Waals surface area contributed by atoms with Crippen molar-refractivity contribution in [1.82, 2.24) is 5.32 Å². The third-order valence-electron chi connectivity index (χ3n) is 4.08. The first kappa shape index (κ1) is 14.6. The van der Waals surface area contributed by atoms with Gasteiger partial charge < -0.3 is 10.4 Å². The van der Waals surface area contributed by atoms with Crippen molar-refractivity contribution in [3.05, 3.63) is 35.4 Å². The molecule has 2 rings (SSSR count). The van der Waals surface area contributed by atoms with Crippen LogP contribution >= 0.6 is 0 Å². The number of benzene rings is 1. The topological polar surface area (TPSA) is 66.4 Å². The molecule has 20 heavy (non-hydrogen) atoms. The maximum Gasteiger partial charge on any atom is 0.319 e. The fourth-order valence-electron chi connectivity index (χ4n) is 2.30. The summed E-state index contributed by atoms with van der Waals surface area (Å²) in [5, 5.41) is 11.9. The number of aryl methyl sites for hydroxylation is 1. The van der Waals surface area contributed by atoms with Crippen LogP contribution in [0.15, 0.2) is 24.3 Å². The maximum atomic E-state index is 12.0. The van der Waals surface area contributed by atoms with Gasteiger partial charge in [-0.2, -0.15) is 0 Å². The Morgan fingerprint density at radius 1 is 1.35 bits per heavy atom. The lowest BCUT2D eigenvalue weighted by Gasteiger charge is -2.26. The van der Waals surface area contributed by atoms with Crippen molar-refractivity contribution in [1.29, 1.82) is 0 Å². The Hall–Kier alpha value is -1.84. The molecule has 1 saturated carbocycles. The van der Waals surface area contributed by atoms with Crippen molar-refractivity contribution in [2.24, 2.45) is 5.41 Å². The van der Waals surface area contributed by atoms with Gasteiger partial charge in [-0.1, -0.05) is 43.7 Å². The van der Waals surface area contributed by atoms with Crippen molar-refractivity contribution in [3.8, 4) is 0 Å². The number of amides is 1. The fourth-order valence-corrected chi connectivity index (χ4v) is 2.30. The lowest BCUT2D eigenvalue weighted by atomic mass is 9.83. The standard InChI is InChI=1S/C16H21NO3/c1-11-5-4-6-12(9-11)15(2,3)10-17-13(18)16(7-8-16)14(19)20/h4-6,9H,7-8,10H2,1-3H3,(H,17,18)(H,19,20). The van der Waals surface area contributed by atoms with Crippen LogP contribution in [0.3, 0.4) is 0 Å². The first-order valence-electron chi connectivity index (χ1n) is 6.87. The van der Waals surface area contributed by atoms with Gasteiger partial charge in [-0.05, 0) is 25.3 Å². The highest BCUT2D eigenvalue weighted by Crippen LogP contribution is 2.46. The Bertz CT molecular complexity index is 544. The van der Waals surface area contributed by atoms with Crippen molar-refractivity contribution < 1.29 is 14.7 Å². The molecule has 0 spiro atoms. The van der Waals surface area contributed by atoms with Gasteiger partial charge >= 0.3 is 5.97 Å². The monoisotopic (exact) mass is 275 g/mol. The molecule has 0 radical (unpaired) electrons. The van der Waals surface area contributed by atoms with Gasteiger partial charge in [0, 0.05) is 12.0 Å². The number of carboxylic acid groups (broad SMARTS) is 1. The molecule has 0 unspecified atom stereocenters. The Morgan fingerprint density at radius 3 is 2.50 bits per heavy atom. The van der Waals surface area contributed by atoms with Crippen molar-refractivity contribution in [2.75, 3.05) is 6.54 Å². The predicted molar refractivity (Wildman–Crippen MR) is 76.5 cm³/mol. The molecule has 108 valence electrons. The minimum absolute atomic E-state index is 0.226. The average molecular weight is 275 g/mol. The summed E-state index contributed by atoms with van der Waals surface area (Å²) in [4.78, 5) is 23.1. The van der Waals surface area contributed by atoms with Gasteiger partial charge in [-0.25, -0.2) is 0 Å². The average Bonchev–Trinajstić information content (AvgIpc) is 3.17. The number of aliphatic carboxylic acids is 1. The summed E-state index contributed by atoms with van der Waals surface area (Å²) in [7, 11) is 0. The first-order chi connectivity index (χ1) is 9.28. The molecule has 0 saturated heterocycles. The van der Waals surface area contributed by atoms with Crippen molar-refractivity contribution in [3.63, 3.8) is 0 Å². The van der Waals surface area contributed by atoms with Crippen LogP contribution in [0, 0.1) is 12.3 Å². The van der Waals surface area contributed by atoms with Gasteiger partial charge in [0.25, 0.3) is 0 Å². The number of hydrogen-bond acceptors (Lipinski definition) is 2. The lowest BCUT2D eigenvalue weighted by Crippen LogP contribution is -2.42. The van der Waals surface area contributed by atoms with E-state index in [9.17, 15) is 9.59 Å². The second kappa shape index (κ2) is 4.93. The van der Waals surface area contributed by atoms with Crippen molar-refractivity contribution in [2.45, 2.75) is 39.0 Å². The molecule has 1 amide bonds. The van der Waals surface area contributed by atoms with Crippen LogP contribution in [0.1, 0.15) is 37.8 Å². The summed E-state index contributed by atoms with van der Waals surface area (Å²) in [6, 6.07) is 8.15. The quantitative estimate of drug-likeness (QED) is 0.810. The lowest BCUT2D eigenvalue weighted by molar-refractivity contribution is -0.149. The van der Waals surface area contributed by atoms with E-state index in [0.717, 1.165) is 5.56 Å². The zero-order valence-electron chi connectivity index (χ0n) is 12.2. The Labute approximate surface area is 119 Å². The van der Waals surface area contributed by atoms with E-state index in [4.69, 9.17) is 5.11 Å². The van der Waals surface area contributed by atoms with E-state index in [2.05, 4.69) is 11.4 Å². The molecule has 1 aliphatic rings. The van der Waals surface area contributed by atoms with Crippen LogP contribution in [-0.2, 0) is 15.0 Å². The van der Waals surface area contributed by atoms with Crippen LogP contribution in [0.2, 0.25) is 0 Å². The van der Waals surface area contributed by atoms with E-state index in [0.29, 0.717) is 19.4 Å². The van der Waals surface area contributed by atoms with Crippen LogP contribution in [-0.4, -0.2) is 23.5 Å². The molecular formula is C16H21NO3. The molecule has 4 heteroatoms. The predicted octanol–water partition coefficient (Wildman–Crippen LogP) is 2.25. The second-order valence-electron chi connectivity index (χ2n) is 6.32. The summed E-state index contributed by atoms with van der Waals surface area (Å²) >= 11 is 0. The zero-order valence-corrected chi connectivity index (χ0v) is 12.2. The molecular weight excluding hydrogens is 254 g/mol. The molecule has 0 heterocycles. The molecule has 1 fully saturated rings. The molecule has 2 N–H and O–H groups in total. The van der Waals surface area contributed by atoms with Gasteiger partial charge in [0.05, 0.1) is 0 Å². The smallest absolute Gasteiger partial charge is 0.319 e. The van der Waals surface area contributed by atoms with E-state index in [-0.39, 0.29) is 11.3 Å². The molecule has 0 aromatic heterocycles. The summed E-state index contributed by atoms with van der Waals surface area (Å²) in [6.07, 6.45) is 0.887. The van der Waals surface area contributed by atoms with E-state index in [1.54, 1.807) is 0 Å². The minimum atomic E-state index is -1.16. The molecule has 0 bridgehead atoms. The highest BCUT2D eigenvalue weighted by Gasteiger charge is 2.57. The van der Waals surface area contributed by atoms with Gasteiger partial charge in [-0.15, -0.1) is 0 Å². The van der Waals surface area contributed by atoms with Gasteiger partial charge in [0.1, 0.15) is 5.41 Å². The minimum Gasteiger partial charge on any atom is -0.480 e. The van der Waals surface area contributed by atoms with Crippen LogP contribution < -0.4 is 5.32 Å². The number of carboxylic acids is 1. The third-order valence-corrected chi connectivity index (χ3v) is 4.08. The third kappa shape index (κ3) is 2.69. The summed E-state index contributed by atoms with van der Waals surface area (Å²) in [5.41, 5.74) is 0.919. The first-order valence-corrected chi connectivity index (χ1v) is 6.87. The van der Waals surface area contributed by atoms with E-state index >= 15 is 0 Å². The normalized spacial score (nSPS) is 16.6. The summed E-state index contributed by atoms with van der Waals surface area (Å²) in [5.74, 6) is -1.37. The maximum absolute atomic E-state index is 12.0. The number of rotatable bonds is 5. The number of nitrogens with one attached hydrogen (secondary N) is 1. The molecule has 1 aromatic carbocycles. The van der Waals surface area contributed by atoms with Crippen LogP contribution in [0.4, 0.5) is 0 Å². The highest BCUT2D eigenvalue weighted by molar-refractivity contribution is 6.04. The van der Waals surface area contributed by atoms with Gasteiger partial charge in [-0.3, -0.25) is 9.59 Å². The molecule has 0 atom stereocenters. The van der Waals surface area contributed by atoms with Gasteiger partial charge in [0.2, 0.25) is 5.91 Å². The van der Waals surface area contributed by atoms with E-state index in [1.165, 1.54) is 5.56 Å². The fraction of sp³-hybridized carbons (Fsp3) is 0.500. The molecule has 1 aromatic rings. The molecule has 4 nitrogen and oxygen atoms in total. The van der Waals surface area contributed by atoms with E-state index in [1.807, 2.05) is 39.0 Å². The summed E-state index contributed by atoms with van der Waals surface area (Å²) in [6.45, 7) is 6.55. The molecule has 0 aliphatic heterocycles. The molecule has 1 aliphatic carbocycles. The Balaban J connectivity index is 2.03. The van der Waals surface area contributed by atoms with Crippen LogP contribution in [0.25, 0.3) is 0 Å². The Kier molecular flexibility index (Phi) is 3.59. The van der Waals surface area contributed by atoms with E-state index < -0.39 is 11.4 Å². The highest BCUT2D eigenvalue weighted by atomic mass is 16.4. The SMILES string of the molecule is Cc1cccc(C(C)(C)CNC(=O)C2(C(=O)O)CC2)c1. The van der Waals surface area contributed by atoms with Gasteiger partial charge in [0.15, 0.2) is 0 Å².